The van der Waals surface area contributed by atoms with Crippen LogP contribution in [0.25, 0.3) is 0 Å². The minimum Gasteiger partial charge on any atom is -0.492 e. The highest BCUT2D eigenvalue weighted by atomic mass is 127. The molecule has 6 heteroatoms. The maximum absolute atomic E-state index is 5.81. The van der Waals surface area contributed by atoms with Gasteiger partial charge in [-0.05, 0) is 37.0 Å². The molecule has 1 aliphatic rings. The fraction of sp³-hybridized carbons (Fsp3) is 0.650. The van der Waals surface area contributed by atoms with Crippen LogP contribution in [0.2, 0.25) is 0 Å². The molecule has 1 saturated heterocycles. The number of nitrogens with zero attached hydrogens (tertiary/aromatic N) is 2. The highest BCUT2D eigenvalue weighted by Gasteiger charge is 2.18. The molecular weight excluding hydrogens is 441 g/mol. The number of rotatable bonds is 8. The molecule has 1 aliphatic heterocycles. The fourth-order valence-corrected chi connectivity index (χ4v) is 2.93. The molecule has 5 nitrogen and oxygen atoms in total. The standard InChI is InChI=1S/C20H33N3O2.HI/c1-5-21-20(23(4)14-17-10-12-24-15-17)22-11-13-25-19-8-6-18(7-9-19)16(2)3;/h6-9,16-17H,5,10-15H2,1-4H3,(H,21,22);1H. The van der Waals surface area contributed by atoms with Crippen molar-refractivity contribution in [1.29, 1.82) is 0 Å². The van der Waals surface area contributed by atoms with E-state index >= 15 is 0 Å². The first-order valence-electron chi connectivity index (χ1n) is 9.40. The van der Waals surface area contributed by atoms with Crippen molar-refractivity contribution in [2.45, 2.75) is 33.1 Å². The van der Waals surface area contributed by atoms with Gasteiger partial charge in [0.25, 0.3) is 0 Å². The minimum atomic E-state index is 0. The predicted octanol–water partition coefficient (Wildman–Crippen LogP) is 3.74. The molecule has 1 atom stereocenters. The number of aliphatic imine (C=N–C) groups is 1. The van der Waals surface area contributed by atoms with Gasteiger partial charge in [-0.2, -0.15) is 0 Å². The van der Waals surface area contributed by atoms with Crippen molar-refractivity contribution in [1.82, 2.24) is 10.2 Å². The van der Waals surface area contributed by atoms with Gasteiger partial charge in [0.2, 0.25) is 0 Å². The third-order valence-electron chi connectivity index (χ3n) is 4.42. The van der Waals surface area contributed by atoms with E-state index in [4.69, 9.17) is 9.47 Å². The highest BCUT2D eigenvalue weighted by Crippen LogP contribution is 2.18. The summed E-state index contributed by atoms with van der Waals surface area (Å²) in [5, 5.41) is 3.35. The molecule has 1 N–H and O–H groups in total. The molecule has 1 unspecified atom stereocenters. The maximum Gasteiger partial charge on any atom is 0.193 e. The van der Waals surface area contributed by atoms with Crippen molar-refractivity contribution in [2.24, 2.45) is 10.9 Å². The van der Waals surface area contributed by atoms with Crippen molar-refractivity contribution in [3.8, 4) is 5.75 Å². The molecule has 26 heavy (non-hydrogen) atoms. The molecule has 1 fully saturated rings. The zero-order valence-corrected chi connectivity index (χ0v) is 18.9. The summed E-state index contributed by atoms with van der Waals surface area (Å²) in [6.45, 7) is 11.3. The van der Waals surface area contributed by atoms with Crippen LogP contribution in [0.15, 0.2) is 29.3 Å². The van der Waals surface area contributed by atoms with E-state index in [-0.39, 0.29) is 24.0 Å². The summed E-state index contributed by atoms with van der Waals surface area (Å²) in [6.07, 6.45) is 1.14. The largest absolute Gasteiger partial charge is 0.492 e. The van der Waals surface area contributed by atoms with E-state index in [1.807, 2.05) is 12.1 Å². The van der Waals surface area contributed by atoms with Crippen LogP contribution in [0.3, 0.4) is 0 Å². The molecule has 0 aromatic heterocycles. The Morgan fingerprint density at radius 1 is 1.35 bits per heavy atom. The number of nitrogens with one attached hydrogen (secondary N) is 1. The number of benzene rings is 1. The van der Waals surface area contributed by atoms with Gasteiger partial charge in [-0.1, -0.05) is 26.0 Å². The highest BCUT2D eigenvalue weighted by molar-refractivity contribution is 14.0. The van der Waals surface area contributed by atoms with E-state index in [1.54, 1.807) is 0 Å². The topological polar surface area (TPSA) is 46.1 Å². The zero-order valence-electron chi connectivity index (χ0n) is 16.5. The summed E-state index contributed by atoms with van der Waals surface area (Å²) in [5.74, 6) is 2.99. The van der Waals surface area contributed by atoms with Crippen molar-refractivity contribution >= 4 is 29.9 Å². The molecular formula is C20H34IN3O2. The normalized spacial score (nSPS) is 17.1. The smallest absolute Gasteiger partial charge is 0.193 e. The minimum absolute atomic E-state index is 0. The van der Waals surface area contributed by atoms with Crippen LogP contribution in [0.4, 0.5) is 0 Å². The summed E-state index contributed by atoms with van der Waals surface area (Å²) < 4.78 is 11.3. The third-order valence-corrected chi connectivity index (χ3v) is 4.42. The molecule has 2 rings (SSSR count). The predicted molar refractivity (Wildman–Crippen MR) is 119 cm³/mol. The van der Waals surface area contributed by atoms with Crippen molar-refractivity contribution < 1.29 is 9.47 Å². The lowest BCUT2D eigenvalue weighted by Gasteiger charge is -2.24. The Morgan fingerprint density at radius 3 is 2.65 bits per heavy atom. The molecule has 1 aromatic rings. The van der Waals surface area contributed by atoms with Crippen molar-refractivity contribution in [3.05, 3.63) is 29.8 Å². The summed E-state index contributed by atoms with van der Waals surface area (Å²) in [6, 6.07) is 8.34. The first-order valence-corrected chi connectivity index (χ1v) is 9.40. The first-order chi connectivity index (χ1) is 12.1. The molecule has 0 aliphatic carbocycles. The van der Waals surface area contributed by atoms with Crippen LogP contribution in [-0.2, 0) is 4.74 Å². The number of guanidine groups is 1. The van der Waals surface area contributed by atoms with E-state index in [2.05, 4.69) is 55.2 Å². The molecule has 0 amide bonds. The van der Waals surface area contributed by atoms with Gasteiger partial charge < -0.3 is 19.7 Å². The maximum atomic E-state index is 5.81. The Hall–Kier alpha value is -1.02. The van der Waals surface area contributed by atoms with Crippen LogP contribution >= 0.6 is 24.0 Å². The van der Waals surface area contributed by atoms with E-state index in [0.717, 1.165) is 44.4 Å². The molecule has 148 valence electrons. The lowest BCUT2D eigenvalue weighted by Crippen LogP contribution is -2.41. The summed E-state index contributed by atoms with van der Waals surface area (Å²) in [5.41, 5.74) is 1.33. The Bertz CT molecular complexity index is 528. The van der Waals surface area contributed by atoms with Gasteiger partial charge in [-0.3, -0.25) is 0 Å². The van der Waals surface area contributed by atoms with Crippen LogP contribution in [0.5, 0.6) is 5.75 Å². The zero-order chi connectivity index (χ0) is 18.1. The molecule has 1 heterocycles. The lowest BCUT2D eigenvalue weighted by atomic mass is 10.0. The first kappa shape index (κ1) is 23.0. The molecule has 1 aromatic carbocycles. The Labute approximate surface area is 175 Å². The van der Waals surface area contributed by atoms with Gasteiger partial charge in [0.15, 0.2) is 5.96 Å². The Kier molecular flexibility index (Phi) is 11.0. The average molecular weight is 475 g/mol. The number of hydrogen-bond donors (Lipinski definition) is 1. The lowest BCUT2D eigenvalue weighted by molar-refractivity contribution is 0.181. The second-order valence-electron chi connectivity index (χ2n) is 6.92. The second-order valence-corrected chi connectivity index (χ2v) is 6.92. The molecule has 0 spiro atoms. The van der Waals surface area contributed by atoms with Gasteiger partial charge in [0, 0.05) is 32.7 Å². The van der Waals surface area contributed by atoms with Crippen LogP contribution in [0, 0.1) is 5.92 Å². The number of hydrogen-bond acceptors (Lipinski definition) is 3. The van der Waals surface area contributed by atoms with E-state index in [0.29, 0.717) is 25.0 Å². The van der Waals surface area contributed by atoms with Crippen LogP contribution in [-0.4, -0.2) is 57.4 Å². The van der Waals surface area contributed by atoms with Crippen LogP contribution < -0.4 is 10.1 Å². The summed E-state index contributed by atoms with van der Waals surface area (Å²) >= 11 is 0. The Morgan fingerprint density at radius 2 is 2.08 bits per heavy atom. The van der Waals surface area contributed by atoms with E-state index < -0.39 is 0 Å². The Balaban J connectivity index is 0.00000338. The number of ether oxygens (including phenoxy) is 2. The van der Waals surface area contributed by atoms with E-state index in [1.165, 1.54) is 5.56 Å². The van der Waals surface area contributed by atoms with Gasteiger partial charge in [-0.25, -0.2) is 4.99 Å². The van der Waals surface area contributed by atoms with E-state index in [9.17, 15) is 0 Å². The second kappa shape index (κ2) is 12.4. The van der Waals surface area contributed by atoms with Gasteiger partial charge in [0.05, 0.1) is 13.2 Å². The summed E-state index contributed by atoms with van der Waals surface area (Å²) in [4.78, 5) is 6.88. The quantitative estimate of drug-likeness (QED) is 0.269. The third kappa shape index (κ3) is 7.70. The van der Waals surface area contributed by atoms with Gasteiger partial charge in [0.1, 0.15) is 12.4 Å². The summed E-state index contributed by atoms with van der Waals surface area (Å²) in [7, 11) is 2.09. The molecule has 0 bridgehead atoms. The van der Waals surface area contributed by atoms with Gasteiger partial charge >= 0.3 is 0 Å². The van der Waals surface area contributed by atoms with Crippen molar-refractivity contribution in [2.75, 3.05) is 46.5 Å². The SMILES string of the molecule is CCNC(=NCCOc1ccc(C(C)C)cc1)N(C)CC1CCOC1.I. The number of halogens is 1. The van der Waals surface area contributed by atoms with Gasteiger partial charge in [-0.15, -0.1) is 24.0 Å². The molecule has 0 radical (unpaired) electrons. The van der Waals surface area contributed by atoms with Crippen LogP contribution in [0.1, 0.15) is 38.7 Å². The average Bonchev–Trinajstić information content (AvgIpc) is 3.11. The monoisotopic (exact) mass is 475 g/mol. The van der Waals surface area contributed by atoms with Crippen molar-refractivity contribution in [3.63, 3.8) is 0 Å². The molecule has 0 saturated carbocycles. The fourth-order valence-electron chi connectivity index (χ4n) is 2.93.